The minimum absolute atomic E-state index is 0.229. The number of halogens is 1. The summed E-state index contributed by atoms with van der Waals surface area (Å²) in [4.78, 5) is 37.5. The Labute approximate surface area is 207 Å². The zero-order valence-electron chi connectivity index (χ0n) is 19.8. The molecule has 0 spiro atoms. The van der Waals surface area contributed by atoms with Crippen LogP contribution < -0.4 is 4.90 Å². The number of aryl methyl sites for hydroxylation is 1. The van der Waals surface area contributed by atoms with E-state index in [9.17, 15) is 9.59 Å². The number of carbonyl (C=O) groups excluding carboxylic acids is 2. The smallest absolute Gasteiger partial charge is 0.259 e. The van der Waals surface area contributed by atoms with Gasteiger partial charge in [-0.3, -0.25) is 24.2 Å². The highest BCUT2D eigenvalue weighted by Gasteiger charge is 2.33. The number of anilines is 1. The van der Waals surface area contributed by atoms with Crippen LogP contribution in [0.3, 0.4) is 0 Å². The third-order valence-electron chi connectivity index (χ3n) is 6.28. The molecule has 1 aliphatic carbocycles. The van der Waals surface area contributed by atoms with Gasteiger partial charge in [-0.1, -0.05) is 11.6 Å². The van der Waals surface area contributed by atoms with Gasteiger partial charge >= 0.3 is 0 Å². The Morgan fingerprint density at radius 3 is 2.71 bits per heavy atom. The van der Waals surface area contributed by atoms with Crippen molar-refractivity contribution in [2.75, 3.05) is 25.5 Å². The lowest BCUT2D eigenvalue weighted by Crippen LogP contribution is -2.29. The predicted octanol–water partition coefficient (Wildman–Crippen LogP) is 3.61. The number of aromatic nitrogens is 5. The molecule has 5 rings (SSSR count). The van der Waals surface area contributed by atoms with E-state index >= 15 is 0 Å². The van der Waals surface area contributed by atoms with Gasteiger partial charge in [0.1, 0.15) is 11.3 Å². The van der Waals surface area contributed by atoms with Crippen LogP contribution in [-0.4, -0.2) is 62.2 Å². The summed E-state index contributed by atoms with van der Waals surface area (Å²) >= 11 is 6.29. The van der Waals surface area contributed by atoms with Crippen molar-refractivity contribution in [1.82, 2.24) is 29.2 Å². The Bertz CT molecular complexity index is 1420. The molecule has 0 radical (unpaired) electrons. The maximum absolute atomic E-state index is 13.5. The molecule has 10 heteroatoms. The molecule has 0 atom stereocenters. The molecule has 1 aromatic carbocycles. The number of amides is 2. The van der Waals surface area contributed by atoms with Gasteiger partial charge in [-0.15, -0.1) is 0 Å². The third-order valence-corrected chi connectivity index (χ3v) is 6.51. The van der Waals surface area contributed by atoms with Crippen LogP contribution in [0.4, 0.5) is 5.82 Å². The molecule has 1 aliphatic rings. The van der Waals surface area contributed by atoms with Crippen LogP contribution in [0.25, 0.3) is 22.3 Å². The van der Waals surface area contributed by atoms with Gasteiger partial charge < -0.3 is 9.47 Å². The highest BCUT2D eigenvalue weighted by molar-refractivity contribution is 6.31. The van der Waals surface area contributed by atoms with Crippen LogP contribution in [0.5, 0.6) is 0 Å². The molecule has 0 unspecified atom stereocenters. The molecule has 0 bridgehead atoms. The monoisotopic (exact) mass is 491 g/mol. The standard InChI is InChI=1S/C25H26ClN7O2/c1-30(2)25(35)22-23(21-11-27-14-31(21)3)33(29-24(22)32(15-34)12-16-4-5-16)13-17-8-9-28-20-7-6-18(26)10-19(17)20/h6-11,14-16H,4-5,12-13H2,1-3H3. The molecule has 1 fully saturated rings. The minimum Gasteiger partial charge on any atom is -0.345 e. The summed E-state index contributed by atoms with van der Waals surface area (Å²) in [5, 5.41) is 6.37. The van der Waals surface area contributed by atoms with Crippen LogP contribution in [0.15, 0.2) is 43.0 Å². The summed E-state index contributed by atoms with van der Waals surface area (Å²) < 4.78 is 3.62. The Hall–Kier alpha value is -3.72. The number of nitrogens with zero attached hydrogens (tertiary/aromatic N) is 7. The highest BCUT2D eigenvalue weighted by Crippen LogP contribution is 2.36. The number of hydrogen-bond acceptors (Lipinski definition) is 5. The molecule has 3 aromatic heterocycles. The van der Waals surface area contributed by atoms with Gasteiger partial charge in [0.2, 0.25) is 6.41 Å². The number of benzene rings is 1. The van der Waals surface area contributed by atoms with Gasteiger partial charge in [0, 0.05) is 44.3 Å². The first-order valence-corrected chi connectivity index (χ1v) is 11.8. The number of imidazole rings is 1. The molecule has 4 aromatic rings. The Balaban J connectivity index is 1.73. The second-order valence-electron chi connectivity index (χ2n) is 9.13. The van der Waals surface area contributed by atoms with Gasteiger partial charge in [0.15, 0.2) is 5.82 Å². The Kier molecular flexibility index (Phi) is 6.02. The summed E-state index contributed by atoms with van der Waals surface area (Å²) in [7, 11) is 5.26. The molecule has 0 aliphatic heterocycles. The first-order valence-electron chi connectivity index (χ1n) is 11.4. The zero-order valence-corrected chi connectivity index (χ0v) is 20.6. The van der Waals surface area contributed by atoms with Gasteiger partial charge in [-0.25, -0.2) is 4.98 Å². The molecule has 180 valence electrons. The lowest BCUT2D eigenvalue weighted by molar-refractivity contribution is -0.107. The van der Waals surface area contributed by atoms with Gasteiger partial charge in [0.05, 0.1) is 30.3 Å². The van der Waals surface area contributed by atoms with E-state index in [1.54, 1.807) is 48.5 Å². The Morgan fingerprint density at radius 1 is 1.26 bits per heavy atom. The van der Waals surface area contributed by atoms with Crippen molar-refractivity contribution >= 4 is 40.6 Å². The van der Waals surface area contributed by atoms with E-state index < -0.39 is 0 Å². The van der Waals surface area contributed by atoms with E-state index in [1.165, 1.54) is 4.90 Å². The van der Waals surface area contributed by atoms with E-state index in [1.807, 2.05) is 29.8 Å². The van der Waals surface area contributed by atoms with E-state index in [0.717, 1.165) is 41.4 Å². The third kappa shape index (κ3) is 4.39. The van der Waals surface area contributed by atoms with E-state index in [2.05, 4.69) is 9.97 Å². The maximum Gasteiger partial charge on any atom is 0.259 e. The molecule has 9 nitrogen and oxygen atoms in total. The fraction of sp³-hybridized carbons (Fsp3) is 0.320. The number of pyridine rings is 1. The summed E-state index contributed by atoms with van der Waals surface area (Å²) in [6, 6.07) is 7.48. The fourth-order valence-electron chi connectivity index (χ4n) is 4.26. The van der Waals surface area contributed by atoms with Crippen molar-refractivity contribution in [3.63, 3.8) is 0 Å². The number of rotatable bonds is 8. The second kappa shape index (κ2) is 9.14. The quantitative estimate of drug-likeness (QED) is 0.351. The molecule has 0 saturated heterocycles. The second-order valence-corrected chi connectivity index (χ2v) is 9.56. The first-order chi connectivity index (χ1) is 16.9. The average Bonchev–Trinajstić information content (AvgIpc) is 3.45. The van der Waals surface area contributed by atoms with Crippen LogP contribution in [0.2, 0.25) is 5.02 Å². The van der Waals surface area contributed by atoms with Crippen molar-refractivity contribution < 1.29 is 9.59 Å². The van der Waals surface area contributed by atoms with Crippen LogP contribution in [-0.2, 0) is 18.4 Å². The van der Waals surface area contributed by atoms with E-state index in [0.29, 0.717) is 41.1 Å². The summed E-state index contributed by atoms with van der Waals surface area (Å²) in [5.74, 6) is 0.560. The van der Waals surface area contributed by atoms with E-state index in [4.69, 9.17) is 16.7 Å². The predicted molar refractivity (Wildman–Crippen MR) is 134 cm³/mol. The fourth-order valence-corrected chi connectivity index (χ4v) is 4.44. The topological polar surface area (TPSA) is 89.2 Å². The van der Waals surface area contributed by atoms with Crippen molar-refractivity contribution in [2.45, 2.75) is 19.4 Å². The molecule has 1 saturated carbocycles. The highest BCUT2D eigenvalue weighted by atomic mass is 35.5. The Morgan fingerprint density at radius 2 is 2.06 bits per heavy atom. The SMILES string of the molecule is CN(C)C(=O)c1c(N(C=O)CC2CC2)nn(Cc2ccnc3ccc(Cl)cc23)c1-c1cncn1C. The minimum atomic E-state index is -0.229. The average molecular weight is 492 g/mol. The number of carbonyl (C=O) groups is 2. The van der Waals surface area contributed by atoms with Crippen molar-refractivity contribution in [3.05, 3.63) is 59.1 Å². The van der Waals surface area contributed by atoms with E-state index in [-0.39, 0.29) is 5.91 Å². The van der Waals surface area contributed by atoms with Crippen LogP contribution in [0.1, 0.15) is 28.8 Å². The lowest BCUT2D eigenvalue weighted by Gasteiger charge is -2.18. The molecule has 35 heavy (non-hydrogen) atoms. The molecule has 2 amide bonds. The number of hydrogen-bond donors (Lipinski definition) is 0. The lowest BCUT2D eigenvalue weighted by atomic mass is 10.1. The zero-order chi connectivity index (χ0) is 24.7. The van der Waals surface area contributed by atoms with Gasteiger partial charge in [-0.2, -0.15) is 5.10 Å². The van der Waals surface area contributed by atoms with Crippen LogP contribution >= 0.6 is 11.6 Å². The normalized spacial score (nSPS) is 13.3. The first kappa shape index (κ1) is 23.0. The molecular formula is C25H26ClN7O2. The molecule has 3 heterocycles. The summed E-state index contributed by atoms with van der Waals surface area (Å²) in [5.41, 5.74) is 3.46. The van der Waals surface area contributed by atoms with Crippen LogP contribution in [0, 0.1) is 5.92 Å². The number of fused-ring (bicyclic) bond motifs is 1. The largest absolute Gasteiger partial charge is 0.345 e. The van der Waals surface area contributed by atoms with Crippen molar-refractivity contribution in [3.8, 4) is 11.4 Å². The maximum atomic E-state index is 13.5. The summed E-state index contributed by atoms with van der Waals surface area (Å²) in [6.45, 7) is 0.885. The van der Waals surface area contributed by atoms with Crippen molar-refractivity contribution in [1.29, 1.82) is 0 Å². The van der Waals surface area contributed by atoms with Gasteiger partial charge in [0.25, 0.3) is 5.91 Å². The molecule has 0 N–H and O–H groups in total. The van der Waals surface area contributed by atoms with Crippen molar-refractivity contribution in [2.24, 2.45) is 13.0 Å². The summed E-state index contributed by atoms with van der Waals surface area (Å²) in [6.07, 6.45) is 8.04. The van der Waals surface area contributed by atoms with Gasteiger partial charge in [-0.05, 0) is 48.6 Å². The molecular weight excluding hydrogens is 466 g/mol.